The normalized spacial score (nSPS) is 35.3. The number of piperidine rings is 1. The van der Waals surface area contributed by atoms with Crippen LogP contribution in [0.2, 0.25) is 0 Å². The van der Waals surface area contributed by atoms with E-state index in [2.05, 4.69) is 4.90 Å². The van der Waals surface area contributed by atoms with Crippen LogP contribution in [-0.4, -0.2) is 46.2 Å². The van der Waals surface area contributed by atoms with Crippen LogP contribution in [0.25, 0.3) is 0 Å². The van der Waals surface area contributed by atoms with Gasteiger partial charge in [-0.1, -0.05) is 0 Å². The summed E-state index contributed by atoms with van der Waals surface area (Å²) in [6.07, 6.45) is 2.83. The third-order valence-corrected chi connectivity index (χ3v) is 4.76. The number of alkyl halides is 2. The number of halogens is 2. The Morgan fingerprint density at radius 3 is 2.06 bits per heavy atom. The summed E-state index contributed by atoms with van der Waals surface area (Å²) in [4.78, 5) is 2.36. The maximum absolute atomic E-state index is 13.0. The van der Waals surface area contributed by atoms with Crippen molar-refractivity contribution in [2.24, 2.45) is 5.73 Å². The molecule has 1 heterocycles. The first-order valence-corrected chi connectivity index (χ1v) is 6.47. The fourth-order valence-electron chi connectivity index (χ4n) is 3.40. The van der Waals surface area contributed by atoms with Crippen molar-refractivity contribution in [2.75, 3.05) is 13.1 Å². The van der Waals surface area contributed by atoms with Gasteiger partial charge in [0.25, 0.3) is 5.92 Å². The van der Waals surface area contributed by atoms with Crippen molar-refractivity contribution in [3.05, 3.63) is 0 Å². The molecule has 3 nitrogen and oxygen atoms in total. The molecule has 0 aromatic carbocycles. The number of nitrogens with zero attached hydrogens (tertiary/aromatic N) is 1. The van der Waals surface area contributed by atoms with Crippen LogP contribution in [-0.2, 0) is 0 Å². The monoisotopic (exact) mass is 246 g/mol. The van der Waals surface area contributed by atoms with Gasteiger partial charge in [0.15, 0.2) is 0 Å². The fourth-order valence-corrected chi connectivity index (χ4v) is 3.40. The van der Waals surface area contributed by atoms with Gasteiger partial charge in [-0.05, 0) is 25.7 Å². The Kier molecular flexibility index (Phi) is 2.36. The molecular formula is C12H20F2N2O. The Balaban J connectivity index is 1.63. The van der Waals surface area contributed by atoms with Crippen LogP contribution in [0.4, 0.5) is 8.78 Å². The highest BCUT2D eigenvalue weighted by Gasteiger charge is 2.64. The summed E-state index contributed by atoms with van der Waals surface area (Å²) in [5, 5.41) is 10.5. The number of likely N-dealkylation sites (tertiary alicyclic amines) is 1. The number of nitrogens with two attached hydrogens (primary N) is 1. The standard InChI is InChI=1S/C12H20F2N2O/c13-12(14)7-10(15,8-12)11(17)3-5-16(6-4-11)9-1-2-9/h9,17H,1-8,15H2. The highest BCUT2D eigenvalue weighted by molar-refractivity contribution is 5.16. The summed E-state index contributed by atoms with van der Waals surface area (Å²) in [6.45, 7) is 1.59. The lowest BCUT2D eigenvalue weighted by molar-refractivity contribution is -0.203. The van der Waals surface area contributed by atoms with Gasteiger partial charge in [0.1, 0.15) is 0 Å². The van der Waals surface area contributed by atoms with Crippen molar-refractivity contribution in [1.82, 2.24) is 4.90 Å². The van der Waals surface area contributed by atoms with E-state index in [1.807, 2.05) is 0 Å². The molecule has 17 heavy (non-hydrogen) atoms. The van der Waals surface area contributed by atoms with Crippen molar-refractivity contribution in [3.63, 3.8) is 0 Å². The smallest absolute Gasteiger partial charge is 0.251 e. The average molecular weight is 246 g/mol. The molecule has 0 radical (unpaired) electrons. The number of hydrogen-bond acceptors (Lipinski definition) is 3. The highest BCUT2D eigenvalue weighted by atomic mass is 19.3. The first-order chi connectivity index (χ1) is 7.84. The number of rotatable bonds is 2. The van der Waals surface area contributed by atoms with E-state index in [-0.39, 0.29) is 12.8 Å². The molecule has 2 saturated carbocycles. The SMILES string of the molecule is NC1(C2(O)CCN(C3CC3)CC2)CC(F)(F)C1. The van der Waals surface area contributed by atoms with Crippen LogP contribution < -0.4 is 5.73 Å². The van der Waals surface area contributed by atoms with Crippen molar-refractivity contribution in [3.8, 4) is 0 Å². The second-order valence-electron chi connectivity index (χ2n) is 6.16. The van der Waals surface area contributed by atoms with E-state index in [1.165, 1.54) is 12.8 Å². The molecule has 1 aliphatic heterocycles. The first kappa shape index (κ1) is 11.8. The van der Waals surface area contributed by atoms with Gasteiger partial charge in [-0.25, -0.2) is 8.78 Å². The first-order valence-electron chi connectivity index (χ1n) is 6.47. The van der Waals surface area contributed by atoms with Crippen LogP contribution in [0.1, 0.15) is 38.5 Å². The molecular weight excluding hydrogens is 226 g/mol. The van der Waals surface area contributed by atoms with Crippen LogP contribution in [0, 0.1) is 0 Å². The third kappa shape index (κ3) is 1.88. The minimum absolute atomic E-state index is 0.361. The summed E-state index contributed by atoms with van der Waals surface area (Å²) in [5.74, 6) is -2.67. The Bertz CT molecular complexity index is 314. The minimum atomic E-state index is -2.67. The molecule has 3 N–H and O–H groups in total. The minimum Gasteiger partial charge on any atom is -0.388 e. The van der Waals surface area contributed by atoms with Gasteiger partial charge >= 0.3 is 0 Å². The molecule has 0 aromatic heterocycles. The highest BCUT2D eigenvalue weighted by Crippen LogP contribution is 2.52. The second-order valence-corrected chi connectivity index (χ2v) is 6.16. The molecule has 3 aliphatic rings. The fraction of sp³-hybridized carbons (Fsp3) is 1.00. The Labute approximate surface area is 100.0 Å². The molecule has 98 valence electrons. The van der Waals surface area contributed by atoms with Crippen LogP contribution in [0.3, 0.4) is 0 Å². The third-order valence-electron chi connectivity index (χ3n) is 4.76. The van der Waals surface area contributed by atoms with Crippen LogP contribution in [0.15, 0.2) is 0 Å². The summed E-state index contributed by atoms with van der Waals surface area (Å²) >= 11 is 0. The van der Waals surface area contributed by atoms with E-state index < -0.39 is 17.1 Å². The topological polar surface area (TPSA) is 49.5 Å². The van der Waals surface area contributed by atoms with Gasteiger partial charge in [-0.3, -0.25) is 0 Å². The molecule has 1 saturated heterocycles. The van der Waals surface area contributed by atoms with Crippen LogP contribution >= 0.6 is 0 Å². The number of hydrogen-bond donors (Lipinski definition) is 2. The zero-order valence-corrected chi connectivity index (χ0v) is 9.96. The van der Waals surface area contributed by atoms with Crippen LogP contribution in [0.5, 0.6) is 0 Å². The van der Waals surface area contributed by atoms with Gasteiger partial charge in [-0.15, -0.1) is 0 Å². The maximum Gasteiger partial charge on any atom is 0.251 e. The van der Waals surface area contributed by atoms with Gasteiger partial charge < -0.3 is 15.7 Å². The zero-order chi connectivity index (χ0) is 12.3. The molecule has 0 atom stereocenters. The second kappa shape index (κ2) is 3.39. The lowest BCUT2D eigenvalue weighted by Gasteiger charge is -2.56. The maximum atomic E-state index is 13.0. The molecule has 0 bridgehead atoms. The molecule has 0 unspecified atom stereocenters. The van der Waals surface area contributed by atoms with Crippen molar-refractivity contribution in [2.45, 2.75) is 61.6 Å². The molecule has 5 heteroatoms. The number of aliphatic hydroxyl groups is 1. The van der Waals surface area contributed by atoms with Gasteiger partial charge in [0, 0.05) is 32.0 Å². The summed E-state index contributed by atoms with van der Waals surface area (Å²) in [6, 6.07) is 0.677. The molecule has 0 amide bonds. The van der Waals surface area contributed by atoms with Gasteiger partial charge in [0.05, 0.1) is 11.1 Å². The average Bonchev–Trinajstić information content (AvgIpc) is 2.99. The van der Waals surface area contributed by atoms with E-state index in [4.69, 9.17) is 5.73 Å². The lowest BCUT2D eigenvalue weighted by Crippen LogP contribution is -2.73. The van der Waals surface area contributed by atoms with E-state index in [1.54, 1.807) is 0 Å². The molecule has 3 rings (SSSR count). The van der Waals surface area contributed by atoms with Gasteiger partial charge in [-0.2, -0.15) is 0 Å². The quantitative estimate of drug-likeness (QED) is 0.767. The Hall–Kier alpha value is -0.260. The van der Waals surface area contributed by atoms with Crippen molar-refractivity contribution >= 4 is 0 Å². The zero-order valence-electron chi connectivity index (χ0n) is 9.96. The summed E-state index contributed by atoms with van der Waals surface area (Å²) in [5.41, 5.74) is 3.83. The predicted octanol–water partition coefficient (Wildman–Crippen LogP) is 1.10. The van der Waals surface area contributed by atoms with E-state index in [0.29, 0.717) is 18.9 Å². The summed E-state index contributed by atoms with van der Waals surface area (Å²) < 4.78 is 25.9. The molecule has 2 aliphatic carbocycles. The molecule has 3 fully saturated rings. The lowest BCUT2D eigenvalue weighted by atomic mass is 9.61. The Morgan fingerprint density at radius 1 is 1.12 bits per heavy atom. The largest absolute Gasteiger partial charge is 0.388 e. The van der Waals surface area contributed by atoms with Crippen molar-refractivity contribution < 1.29 is 13.9 Å². The van der Waals surface area contributed by atoms with Gasteiger partial charge in [0.2, 0.25) is 0 Å². The van der Waals surface area contributed by atoms with E-state index in [9.17, 15) is 13.9 Å². The molecule has 0 aromatic rings. The predicted molar refractivity (Wildman–Crippen MR) is 59.9 cm³/mol. The molecule has 0 spiro atoms. The summed E-state index contributed by atoms with van der Waals surface area (Å²) in [7, 11) is 0. The van der Waals surface area contributed by atoms with Crippen molar-refractivity contribution in [1.29, 1.82) is 0 Å². The van der Waals surface area contributed by atoms with E-state index in [0.717, 1.165) is 13.1 Å². The Morgan fingerprint density at radius 2 is 1.65 bits per heavy atom. The van der Waals surface area contributed by atoms with E-state index >= 15 is 0 Å².